The van der Waals surface area contributed by atoms with Gasteiger partial charge in [0.25, 0.3) is 0 Å². The van der Waals surface area contributed by atoms with Crippen LogP contribution in [0.2, 0.25) is 0 Å². The van der Waals surface area contributed by atoms with Crippen LogP contribution >= 0.6 is 24.0 Å². The molecule has 0 saturated heterocycles. The molecule has 1 aliphatic heterocycles. The number of guanidine groups is 1. The molecule has 2 N–H and O–H groups in total. The summed E-state index contributed by atoms with van der Waals surface area (Å²) in [4.78, 5) is 4.69. The highest BCUT2D eigenvalue weighted by atomic mass is 127. The molecule has 0 radical (unpaired) electrons. The minimum Gasteiger partial charge on any atom is -0.486 e. The molecule has 0 amide bonds. The van der Waals surface area contributed by atoms with E-state index in [0.29, 0.717) is 26.3 Å². The Morgan fingerprint density at radius 1 is 1.25 bits per heavy atom. The summed E-state index contributed by atoms with van der Waals surface area (Å²) < 4.78 is 11.3. The maximum atomic E-state index is 5.68. The van der Waals surface area contributed by atoms with Crippen molar-refractivity contribution >= 4 is 29.9 Å². The van der Waals surface area contributed by atoms with Crippen LogP contribution in [0.1, 0.15) is 26.3 Å². The Morgan fingerprint density at radius 2 is 1.96 bits per heavy atom. The maximum Gasteiger partial charge on any atom is 0.191 e. The Balaban J connectivity index is 0.00000288. The number of rotatable bonds is 6. The van der Waals surface area contributed by atoms with Gasteiger partial charge in [-0.15, -0.1) is 30.6 Å². The summed E-state index contributed by atoms with van der Waals surface area (Å²) >= 11 is 0. The zero-order valence-electron chi connectivity index (χ0n) is 14.7. The highest BCUT2D eigenvalue weighted by Crippen LogP contribution is 2.35. The largest absolute Gasteiger partial charge is 0.486 e. The molecule has 1 aromatic carbocycles. The van der Waals surface area contributed by atoms with Gasteiger partial charge in [0.2, 0.25) is 0 Å². The van der Waals surface area contributed by atoms with Gasteiger partial charge >= 0.3 is 0 Å². The average molecular weight is 445 g/mol. The first-order valence-electron chi connectivity index (χ1n) is 8.10. The number of ether oxygens (including phenoxy) is 2. The molecule has 1 heterocycles. The summed E-state index contributed by atoms with van der Waals surface area (Å²) in [6.45, 7) is 13.5. The van der Waals surface area contributed by atoms with E-state index >= 15 is 0 Å². The fourth-order valence-corrected chi connectivity index (χ4v) is 2.34. The lowest BCUT2D eigenvalue weighted by molar-refractivity contribution is 0.171. The molecule has 0 unspecified atom stereocenters. The quantitative estimate of drug-likeness (QED) is 0.306. The van der Waals surface area contributed by atoms with Gasteiger partial charge in [0, 0.05) is 18.5 Å². The minimum atomic E-state index is -0.105. The summed E-state index contributed by atoms with van der Waals surface area (Å²) in [5, 5.41) is 6.46. The fraction of sp³-hybridized carbons (Fsp3) is 0.500. The van der Waals surface area contributed by atoms with Crippen LogP contribution in [0.25, 0.3) is 0 Å². The van der Waals surface area contributed by atoms with E-state index in [1.165, 1.54) is 5.56 Å². The lowest BCUT2D eigenvalue weighted by Crippen LogP contribution is -2.38. The average Bonchev–Trinajstić information content (AvgIpc) is 2.57. The highest BCUT2D eigenvalue weighted by Gasteiger charge is 2.23. The second-order valence-electron chi connectivity index (χ2n) is 6.11. The van der Waals surface area contributed by atoms with Crippen LogP contribution in [-0.2, 0) is 5.41 Å². The third kappa shape index (κ3) is 5.58. The molecule has 0 fully saturated rings. The molecule has 1 aliphatic rings. The number of fused-ring (bicyclic) bond motifs is 1. The minimum absolute atomic E-state index is 0. The second kappa shape index (κ2) is 9.76. The van der Waals surface area contributed by atoms with Crippen LogP contribution < -0.4 is 20.1 Å². The summed E-state index contributed by atoms with van der Waals surface area (Å²) in [6.07, 6.45) is 1.82. The molecule has 24 heavy (non-hydrogen) atoms. The van der Waals surface area contributed by atoms with Crippen LogP contribution in [0.5, 0.6) is 11.5 Å². The van der Waals surface area contributed by atoms with Crippen molar-refractivity contribution in [2.45, 2.75) is 26.2 Å². The summed E-state index contributed by atoms with van der Waals surface area (Å²) in [5.74, 6) is 2.45. The van der Waals surface area contributed by atoms with Crippen LogP contribution in [0.4, 0.5) is 0 Å². The molecule has 5 nitrogen and oxygen atoms in total. The van der Waals surface area contributed by atoms with Crippen molar-refractivity contribution < 1.29 is 9.47 Å². The predicted molar refractivity (Wildman–Crippen MR) is 110 cm³/mol. The standard InChI is InChI=1S/C18H27N3O2.HI/c1-5-9-20-17(19-6-2)21-13-18(3,4)14-7-8-15-16(12-14)23-11-10-22-15;/h5,7-8,12H,1,6,9-11,13H2,2-4H3,(H2,19,20,21);1H. The Morgan fingerprint density at radius 3 is 2.62 bits per heavy atom. The number of aliphatic imine (C=N–C) groups is 1. The van der Waals surface area contributed by atoms with Crippen molar-refractivity contribution in [2.75, 3.05) is 32.8 Å². The van der Waals surface area contributed by atoms with E-state index in [0.717, 1.165) is 24.0 Å². The summed E-state index contributed by atoms with van der Waals surface area (Å²) in [6, 6.07) is 6.14. The number of benzene rings is 1. The van der Waals surface area contributed by atoms with E-state index in [9.17, 15) is 0 Å². The van der Waals surface area contributed by atoms with Gasteiger partial charge < -0.3 is 20.1 Å². The number of halogens is 1. The lowest BCUT2D eigenvalue weighted by atomic mass is 9.84. The van der Waals surface area contributed by atoms with Crippen molar-refractivity contribution in [1.29, 1.82) is 0 Å². The number of hydrogen-bond acceptors (Lipinski definition) is 3. The molecular weight excluding hydrogens is 417 g/mol. The van der Waals surface area contributed by atoms with Crippen molar-refractivity contribution in [1.82, 2.24) is 10.6 Å². The Kier molecular flexibility index (Phi) is 8.38. The molecule has 0 atom stereocenters. The second-order valence-corrected chi connectivity index (χ2v) is 6.11. The van der Waals surface area contributed by atoms with E-state index < -0.39 is 0 Å². The van der Waals surface area contributed by atoms with E-state index in [2.05, 4.69) is 55.1 Å². The maximum absolute atomic E-state index is 5.68. The lowest BCUT2D eigenvalue weighted by Gasteiger charge is -2.26. The molecule has 0 aliphatic carbocycles. The molecule has 0 bridgehead atoms. The molecule has 0 saturated carbocycles. The third-order valence-corrected chi connectivity index (χ3v) is 3.71. The van der Waals surface area contributed by atoms with Gasteiger partial charge in [0.05, 0.1) is 6.54 Å². The van der Waals surface area contributed by atoms with Gasteiger partial charge in [-0.2, -0.15) is 0 Å². The molecule has 1 aromatic rings. The molecule has 6 heteroatoms. The smallest absolute Gasteiger partial charge is 0.191 e. The van der Waals surface area contributed by atoms with Crippen LogP contribution in [0.15, 0.2) is 35.8 Å². The van der Waals surface area contributed by atoms with Crippen molar-refractivity contribution in [3.05, 3.63) is 36.4 Å². The highest BCUT2D eigenvalue weighted by molar-refractivity contribution is 14.0. The normalized spacial score (nSPS) is 13.7. The first kappa shape index (κ1) is 20.6. The third-order valence-electron chi connectivity index (χ3n) is 3.71. The van der Waals surface area contributed by atoms with Crippen molar-refractivity contribution in [2.24, 2.45) is 4.99 Å². The van der Waals surface area contributed by atoms with Crippen LogP contribution in [0, 0.1) is 0 Å². The SMILES string of the molecule is C=CCNC(=NCC(C)(C)c1ccc2c(c1)OCCO2)NCC.I. The van der Waals surface area contributed by atoms with Crippen LogP contribution in [-0.4, -0.2) is 38.8 Å². The Hall–Kier alpha value is -1.44. The molecule has 2 rings (SSSR count). The van der Waals surface area contributed by atoms with Crippen LogP contribution in [0.3, 0.4) is 0 Å². The van der Waals surface area contributed by atoms with E-state index in [1.54, 1.807) is 0 Å². The van der Waals surface area contributed by atoms with Gasteiger partial charge in [-0.05, 0) is 24.6 Å². The topological polar surface area (TPSA) is 54.9 Å². The number of nitrogens with one attached hydrogen (secondary N) is 2. The van der Waals surface area contributed by atoms with E-state index in [1.807, 2.05) is 12.1 Å². The number of hydrogen-bond donors (Lipinski definition) is 2. The first-order chi connectivity index (χ1) is 11.1. The number of nitrogens with zero attached hydrogens (tertiary/aromatic N) is 1. The van der Waals surface area contributed by atoms with E-state index in [-0.39, 0.29) is 29.4 Å². The molecule has 134 valence electrons. The van der Waals surface area contributed by atoms with Crippen molar-refractivity contribution in [3.8, 4) is 11.5 Å². The van der Waals surface area contributed by atoms with Crippen molar-refractivity contribution in [3.63, 3.8) is 0 Å². The zero-order chi connectivity index (χ0) is 16.7. The van der Waals surface area contributed by atoms with Gasteiger partial charge in [0.1, 0.15) is 13.2 Å². The molecular formula is C18H28IN3O2. The molecule has 0 spiro atoms. The first-order valence-corrected chi connectivity index (χ1v) is 8.10. The Bertz CT molecular complexity index is 573. The van der Waals surface area contributed by atoms with Gasteiger partial charge in [0.15, 0.2) is 17.5 Å². The van der Waals surface area contributed by atoms with Gasteiger partial charge in [-0.1, -0.05) is 26.0 Å². The van der Waals surface area contributed by atoms with E-state index in [4.69, 9.17) is 9.47 Å². The van der Waals surface area contributed by atoms with Gasteiger partial charge in [-0.3, -0.25) is 4.99 Å². The Labute approximate surface area is 161 Å². The summed E-state index contributed by atoms with van der Waals surface area (Å²) in [7, 11) is 0. The van der Waals surface area contributed by atoms with Gasteiger partial charge in [-0.25, -0.2) is 0 Å². The fourth-order valence-electron chi connectivity index (χ4n) is 2.34. The zero-order valence-corrected chi connectivity index (χ0v) is 17.1. The monoisotopic (exact) mass is 445 g/mol. The predicted octanol–water partition coefficient (Wildman–Crippen LogP) is 3.09. The summed E-state index contributed by atoms with van der Waals surface area (Å²) in [5.41, 5.74) is 1.08. The molecule has 0 aromatic heterocycles.